The number of carbonyl (C=O) groups is 1. The van der Waals surface area contributed by atoms with Crippen LogP contribution in [0.3, 0.4) is 0 Å². The van der Waals surface area contributed by atoms with Crippen LogP contribution < -0.4 is 19.7 Å². The summed E-state index contributed by atoms with van der Waals surface area (Å²) in [5.41, 5.74) is 1.46. The molecule has 1 saturated carbocycles. The van der Waals surface area contributed by atoms with Gasteiger partial charge in [-0.2, -0.15) is 0 Å². The van der Waals surface area contributed by atoms with Gasteiger partial charge in [0.05, 0.1) is 37.7 Å². The van der Waals surface area contributed by atoms with Crippen molar-refractivity contribution in [3.8, 4) is 11.5 Å². The molecule has 1 aromatic heterocycles. The summed E-state index contributed by atoms with van der Waals surface area (Å²) in [7, 11) is 3.29. The van der Waals surface area contributed by atoms with Crippen LogP contribution in [0.15, 0.2) is 24.4 Å². The minimum absolute atomic E-state index is 0.000720. The number of hydrogen-bond donors (Lipinski definition) is 1. The highest BCUT2D eigenvalue weighted by atomic mass is 16.7. The molecular formula is C27H39N3O6. The van der Waals surface area contributed by atoms with Gasteiger partial charge >= 0.3 is 6.09 Å². The molecule has 9 nitrogen and oxygen atoms in total. The number of rotatable bonds is 8. The number of nitrogens with zero attached hydrogens (tertiary/aromatic N) is 2. The molecule has 0 saturated heterocycles. The molecule has 1 N–H and O–H groups in total. The number of pyridine rings is 1. The summed E-state index contributed by atoms with van der Waals surface area (Å²) in [4.78, 5) is 19.5. The Hall–Kier alpha value is -2.78. The van der Waals surface area contributed by atoms with Crippen molar-refractivity contribution in [1.82, 2.24) is 10.3 Å². The van der Waals surface area contributed by atoms with Gasteiger partial charge in [0, 0.05) is 31.0 Å². The zero-order valence-electron chi connectivity index (χ0n) is 22.0. The largest absolute Gasteiger partial charge is 0.497 e. The first-order valence-electron chi connectivity index (χ1n) is 12.7. The minimum atomic E-state index is -0.534. The number of aromatic nitrogens is 1. The maximum Gasteiger partial charge on any atom is 0.407 e. The SMILES string of the molecule is COCOC[C@H]1C[C@H](CN2CCOc3cnc4ccc(OC)cc4c32)CC[C@H]1NC(=O)OC(C)(C)C. The lowest BCUT2D eigenvalue weighted by molar-refractivity contribution is -0.0542. The van der Waals surface area contributed by atoms with Gasteiger partial charge in [-0.05, 0) is 64.2 Å². The van der Waals surface area contributed by atoms with Crippen LogP contribution in [0.1, 0.15) is 40.0 Å². The van der Waals surface area contributed by atoms with Gasteiger partial charge in [-0.1, -0.05) is 0 Å². The molecule has 3 atom stereocenters. The molecule has 0 radical (unpaired) electrons. The maximum atomic E-state index is 12.5. The molecule has 1 amide bonds. The van der Waals surface area contributed by atoms with Crippen LogP contribution in [-0.2, 0) is 14.2 Å². The van der Waals surface area contributed by atoms with Gasteiger partial charge in [0.1, 0.15) is 24.8 Å². The molecule has 4 rings (SSSR count). The second-order valence-corrected chi connectivity index (χ2v) is 10.6. The first-order chi connectivity index (χ1) is 17.3. The Morgan fingerprint density at radius 2 is 2.08 bits per heavy atom. The Balaban J connectivity index is 1.49. The summed E-state index contributed by atoms with van der Waals surface area (Å²) in [6.07, 6.45) is 4.24. The second kappa shape index (κ2) is 11.5. The molecule has 36 heavy (non-hydrogen) atoms. The molecule has 1 fully saturated rings. The van der Waals surface area contributed by atoms with Gasteiger partial charge in [0.2, 0.25) is 0 Å². The molecule has 1 aromatic carbocycles. The van der Waals surface area contributed by atoms with E-state index in [1.54, 1.807) is 14.2 Å². The number of nitrogens with one attached hydrogen (secondary N) is 1. The molecule has 198 valence electrons. The first-order valence-corrected chi connectivity index (χ1v) is 12.7. The number of carbonyl (C=O) groups excluding carboxylic acids is 1. The van der Waals surface area contributed by atoms with E-state index in [9.17, 15) is 4.79 Å². The van der Waals surface area contributed by atoms with E-state index in [0.29, 0.717) is 19.1 Å². The van der Waals surface area contributed by atoms with Gasteiger partial charge in [-0.3, -0.25) is 4.98 Å². The van der Waals surface area contributed by atoms with Gasteiger partial charge in [0.25, 0.3) is 0 Å². The summed E-state index contributed by atoms with van der Waals surface area (Å²) >= 11 is 0. The van der Waals surface area contributed by atoms with Crippen molar-refractivity contribution in [2.24, 2.45) is 11.8 Å². The highest BCUT2D eigenvalue weighted by Gasteiger charge is 2.34. The summed E-state index contributed by atoms with van der Waals surface area (Å²) in [5.74, 6) is 2.22. The number of methoxy groups -OCH3 is 2. The third kappa shape index (κ3) is 6.50. The molecule has 0 spiro atoms. The van der Waals surface area contributed by atoms with Crippen molar-refractivity contribution in [3.05, 3.63) is 24.4 Å². The van der Waals surface area contributed by atoms with E-state index >= 15 is 0 Å². The summed E-state index contributed by atoms with van der Waals surface area (Å²) < 4.78 is 27.8. The second-order valence-electron chi connectivity index (χ2n) is 10.6. The Morgan fingerprint density at radius 3 is 2.83 bits per heavy atom. The zero-order chi connectivity index (χ0) is 25.7. The first kappa shape index (κ1) is 26.3. The number of alkyl carbamates (subject to hydrolysis) is 1. The maximum absolute atomic E-state index is 12.5. The van der Waals surface area contributed by atoms with Gasteiger partial charge in [-0.25, -0.2) is 4.79 Å². The number of amides is 1. The quantitative estimate of drug-likeness (QED) is 0.421. The Labute approximate surface area is 213 Å². The van der Waals surface area contributed by atoms with Crippen molar-refractivity contribution in [3.63, 3.8) is 0 Å². The third-order valence-corrected chi connectivity index (χ3v) is 6.75. The van der Waals surface area contributed by atoms with E-state index in [1.807, 2.05) is 45.2 Å². The number of anilines is 1. The van der Waals surface area contributed by atoms with Crippen molar-refractivity contribution >= 4 is 22.7 Å². The summed E-state index contributed by atoms with van der Waals surface area (Å²) in [6.45, 7) is 8.70. The number of benzene rings is 1. The molecular weight excluding hydrogens is 462 g/mol. The fourth-order valence-electron chi connectivity index (χ4n) is 5.21. The van der Waals surface area contributed by atoms with Crippen molar-refractivity contribution in [1.29, 1.82) is 0 Å². The van der Waals surface area contributed by atoms with Crippen LogP contribution in [0.5, 0.6) is 11.5 Å². The van der Waals surface area contributed by atoms with Gasteiger partial charge in [0.15, 0.2) is 5.75 Å². The van der Waals surface area contributed by atoms with E-state index in [4.69, 9.17) is 23.7 Å². The smallest absolute Gasteiger partial charge is 0.407 e. The Kier molecular flexibility index (Phi) is 8.41. The van der Waals surface area contributed by atoms with E-state index in [2.05, 4.69) is 15.2 Å². The van der Waals surface area contributed by atoms with E-state index < -0.39 is 5.60 Å². The van der Waals surface area contributed by atoms with Crippen LogP contribution in [-0.4, -0.2) is 70.0 Å². The highest BCUT2D eigenvalue weighted by Crippen LogP contribution is 2.40. The van der Waals surface area contributed by atoms with Crippen molar-refractivity contribution in [2.45, 2.75) is 51.7 Å². The predicted molar refractivity (Wildman–Crippen MR) is 138 cm³/mol. The van der Waals surface area contributed by atoms with Crippen molar-refractivity contribution < 1.29 is 28.5 Å². The zero-order valence-corrected chi connectivity index (χ0v) is 22.0. The lowest BCUT2D eigenvalue weighted by atomic mass is 9.78. The molecule has 1 aliphatic carbocycles. The molecule has 0 unspecified atom stereocenters. The average Bonchev–Trinajstić information content (AvgIpc) is 2.84. The summed E-state index contributed by atoms with van der Waals surface area (Å²) in [5, 5.41) is 4.13. The van der Waals surface area contributed by atoms with Crippen LogP contribution >= 0.6 is 0 Å². The number of hydrogen-bond acceptors (Lipinski definition) is 8. The van der Waals surface area contributed by atoms with E-state index in [-0.39, 0.29) is 24.8 Å². The normalized spacial score (nSPS) is 22.0. The number of fused-ring (bicyclic) bond motifs is 3. The fourth-order valence-corrected chi connectivity index (χ4v) is 5.21. The minimum Gasteiger partial charge on any atom is -0.497 e. The number of ether oxygens (including phenoxy) is 5. The summed E-state index contributed by atoms with van der Waals surface area (Å²) in [6, 6.07) is 5.95. The van der Waals surface area contributed by atoms with E-state index in [0.717, 1.165) is 60.4 Å². The van der Waals surface area contributed by atoms with E-state index in [1.165, 1.54) is 0 Å². The lowest BCUT2D eigenvalue weighted by Gasteiger charge is -2.40. The lowest BCUT2D eigenvalue weighted by Crippen LogP contribution is -2.48. The topological polar surface area (TPSA) is 91.4 Å². The van der Waals surface area contributed by atoms with Crippen LogP contribution in [0.25, 0.3) is 10.9 Å². The molecule has 2 aliphatic rings. The van der Waals surface area contributed by atoms with Gasteiger partial charge < -0.3 is 33.9 Å². The standard InChI is InChI=1S/C27H39N3O6/c1-27(2,3)36-26(31)29-22-8-6-18(12-19(22)16-34-17-32-4)15-30-10-11-35-24-14-28-23-9-7-20(33-5)13-21(23)25(24)30/h7,9,13-14,18-19,22H,6,8,10-12,15-17H2,1-5H3,(H,29,31)/t18-,19-,22-/m1/s1. The Morgan fingerprint density at radius 1 is 1.25 bits per heavy atom. The van der Waals surface area contributed by atoms with Crippen LogP contribution in [0.4, 0.5) is 10.5 Å². The third-order valence-electron chi connectivity index (χ3n) is 6.75. The Bertz CT molecular complexity index is 1030. The molecule has 0 bridgehead atoms. The highest BCUT2D eigenvalue weighted by molar-refractivity contribution is 5.96. The average molecular weight is 502 g/mol. The van der Waals surface area contributed by atoms with Crippen molar-refractivity contribution in [2.75, 3.05) is 52.2 Å². The monoisotopic (exact) mass is 501 g/mol. The van der Waals surface area contributed by atoms with Crippen LogP contribution in [0.2, 0.25) is 0 Å². The molecule has 9 heteroatoms. The molecule has 1 aliphatic heterocycles. The van der Waals surface area contributed by atoms with Crippen LogP contribution in [0, 0.1) is 11.8 Å². The predicted octanol–water partition coefficient (Wildman–Crippen LogP) is 4.37. The molecule has 2 heterocycles. The van der Waals surface area contributed by atoms with Gasteiger partial charge in [-0.15, -0.1) is 0 Å². The molecule has 2 aromatic rings. The fraction of sp³-hybridized carbons (Fsp3) is 0.630.